The predicted octanol–water partition coefficient (Wildman–Crippen LogP) is 3.28. The maximum absolute atomic E-state index is 4.57. The summed E-state index contributed by atoms with van der Waals surface area (Å²) in [6.45, 7) is 2.95. The Labute approximate surface area is 127 Å². The number of aromatic nitrogens is 5. The number of hydrogen-bond donors (Lipinski definition) is 0. The number of rotatable bonds is 3. The first-order valence-electron chi connectivity index (χ1n) is 7.28. The second-order valence-corrected chi connectivity index (χ2v) is 5.07. The van der Waals surface area contributed by atoms with E-state index in [9.17, 15) is 0 Å². The van der Waals surface area contributed by atoms with Crippen LogP contribution in [0.2, 0.25) is 0 Å². The van der Waals surface area contributed by atoms with Crippen LogP contribution in [0.3, 0.4) is 0 Å². The van der Waals surface area contributed by atoms with E-state index in [-0.39, 0.29) is 0 Å². The van der Waals surface area contributed by atoms with Crippen LogP contribution < -0.4 is 0 Å². The molecule has 0 aliphatic carbocycles. The minimum absolute atomic E-state index is 0.846. The van der Waals surface area contributed by atoms with Crippen molar-refractivity contribution in [1.82, 2.24) is 24.4 Å². The summed E-state index contributed by atoms with van der Waals surface area (Å²) in [7, 11) is 0. The summed E-state index contributed by atoms with van der Waals surface area (Å²) >= 11 is 0. The van der Waals surface area contributed by atoms with E-state index in [1.54, 1.807) is 6.20 Å². The van der Waals surface area contributed by atoms with Crippen LogP contribution in [0.15, 0.2) is 61.1 Å². The van der Waals surface area contributed by atoms with Gasteiger partial charge in [0.1, 0.15) is 0 Å². The van der Waals surface area contributed by atoms with Gasteiger partial charge in [0.15, 0.2) is 5.65 Å². The van der Waals surface area contributed by atoms with Gasteiger partial charge in [0, 0.05) is 36.1 Å². The van der Waals surface area contributed by atoms with E-state index >= 15 is 0 Å². The van der Waals surface area contributed by atoms with Crippen molar-refractivity contribution >= 4 is 5.65 Å². The number of hydrogen-bond acceptors (Lipinski definition) is 3. The summed E-state index contributed by atoms with van der Waals surface area (Å²) in [5.74, 6) is 0. The molecule has 0 atom stereocenters. The molecule has 0 N–H and O–H groups in total. The molecule has 3 heterocycles. The van der Waals surface area contributed by atoms with E-state index in [4.69, 9.17) is 0 Å². The Morgan fingerprint density at radius 3 is 2.77 bits per heavy atom. The van der Waals surface area contributed by atoms with Gasteiger partial charge in [-0.05, 0) is 25.1 Å². The third-order valence-corrected chi connectivity index (χ3v) is 3.71. The molecular formula is C17H15N5. The average Bonchev–Trinajstić information content (AvgIpc) is 3.23. The number of aryl methyl sites for hydroxylation is 1. The number of benzene rings is 1. The van der Waals surface area contributed by atoms with Gasteiger partial charge >= 0.3 is 0 Å². The second-order valence-electron chi connectivity index (χ2n) is 5.07. The molecule has 0 aliphatic heterocycles. The lowest BCUT2D eigenvalue weighted by Gasteiger charge is -2.06. The quantitative estimate of drug-likeness (QED) is 0.581. The van der Waals surface area contributed by atoms with Crippen LogP contribution in [0, 0.1) is 0 Å². The molecular weight excluding hydrogens is 274 g/mol. The number of fused-ring (bicyclic) bond motifs is 1. The highest BCUT2D eigenvalue weighted by atomic mass is 15.3. The lowest BCUT2D eigenvalue weighted by Crippen LogP contribution is -1.96. The van der Waals surface area contributed by atoms with Crippen molar-refractivity contribution in [3.05, 3.63) is 61.1 Å². The smallest absolute Gasteiger partial charge is 0.155 e. The Morgan fingerprint density at radius 1 is 1.00 bits per heavy atom. The van der Waals surface area contributed by atoms with Crippen LogP contribution in [-0.2, 0) is 6.54 Å². The molecule has 0 spiro atoms. The van der Waals surface area contributed by atoms with E-state index in [0.29, 0.717) is 0 Å². The Morgan fingerprint density at radius 2 is 1.91 bits per heavy atom. The molecule has 0 saturated heterocycles. The van der Waals surface area contributed by atoms with Crippen molar-refractivity contribution in [3.63, 3.8) is 0 Å². The molecule has 1 aromatic carbocycles. The minimum atomic E-state index is 0.846. The topological polar surface area (TPSA) is 48.0 Å². The maximum Gasteiger partial charge on any atom is 0.155 e. The van der Waals surface area contributed by atoms with Crippen LogP contribution in [0.1, 0.15) is 6.92 Å². The van der Waals surface area contributed by atoms with Crippen molar-refractivity contribution in [2.24, 2.45) is 0 Å². The Bertz CT molecular complexity index is 935. The maximum atomic E-state index is 4.57. The summed E-state index contributed by atoms with van der Waals surface area (Å²) in [6, 6.07) is 14.3. The second kappa shape index (κ2) is 5.11. The Balaban J connectivity index is 1.83. The van der Waals surface area contributed by atoms with E-state index in [2.05, 4.69) is 40.3 Å². The van der Waals surface area contributed by atoms with Gasteiger partial charge in [0.05, 0.1) is 17.6 Å². The molecule has 4 aromatic rings. The predicted molar refractivity (Wildman–Crippen MR) is 85.3 cm³/mol. The van der Waals surface area contributed by atoms with Crippen LogP contribution in [0.4, 0.5) is 0 Å². The molecule has 0 unspecified atom stereocenters. The molecule has 4 rings (SSSR count). The lowest BCUT2D eigenvalue weighted by molar-refractivity contribution is 0.662. The zero-order valence-corrected chi connectivity index (χ0v) is 12.2. The normalized spacial score (nSPS) is 11.1. The van der Waals surface area contributed by atoms with Crippen molar-refractivity contribution in [1.29, 1.82) is 0 Å². The van der Waals surface area contributed by atoms with Crippen LogP contribution in [0.5, 0.6) is 0 Å². The van der Waals surface area contributed by atoms with Crippen LogP contribution in [-0.4, -0.2) is 24.4 Å². The van der Waals surface area contributed by atoms with Gasteiger partial charge in [0.25, 0.3) is 0 Å². The molecule has 0 bridgehead atoms. The molecule has 108 valence electrons. The van der Waals surface area contributed by atoms with E-state index in [1.807, 2.05) is 45.9 Å². The lowest BCUT2D eigenvalue weighted by atomic mass is 10.1. The zero-order valence-electron chi connectivity index (χ0n) is 12.2. The summed E-state index contributed by atoms with van der Waals surface area (Å²) in [6.07, 6.45) is 5.57. The molecule has 5 heteroatoms. The van der Waals surface area contributed by atoms with Gasteiger partial charge in [-0.2, -0.15) is 10.2 Å². The zero-order chi connectivity index (χ0) is 14.9. The third-order valence-electron chi connectivity index (χ3n) is 3.71. The summed E-state index contributed by atoms with van der Waals surface area (Å²) in [5.41, 5.74) is 5.04. The van der Waals surface area contributed by atoms with Crippen LogP contribution >= 0.6 is 0 Å². The highest BCUT2D eigenvalue weighted by Gasteiger charge is 2.08. The highest BCUT2D eigenvalue weighted by molar-refractivity contribution is 5.70. The molecule has 0 fully saturated rings. The Hall–Kier alpha value is -2.95. The van der Waals surface area contributed by atoms with Gasteiger partial charge in [-0.25, -0.2) is 9.50 Å². The van der Waals surface area contributed by atoms with Gasteiger partial charge in [-0.15, -0.1) is 0 Å². The highest BCUT2D eigenvalue weighted by Crippen LogP contribution is 2.25. The van der Waals surface area contributed by atoms with Gasteiger partial charge in [0.2, 0.25) is 0 Å². The van der Waals surface area contributed by atoms with Crippen molar-refractivity contribution in [3.8, 4) is 22.5 Å². The van der Waals surface area contributed by atoms with Crippen LogP contribution in [0.25, 0.3) is 28.2 Å². The third kappa shape index (κ3) is 2.07. The first-order chi connectivity index (χ1) is 10.8. The molecule has 5 nitrogen and oxygen atoms in total. The number of nitrogens with zero attached hydrogens (tertiary/aromatic N) is 5. The van der Waals surface area contributed by atoms with E-state index in [0.717, 1.165) is 34.7 Å². The molecule has 0 aliphatic rings. The summed E-state index contributed by atoms with van der Waals surface area (Å²) < 4.78 is 3.78. The van der Waals surface area contributed by atoms with Crippen molar-refractivity contribution in [2.75, 3.05) is 0 Å². The summed E-state index contributed by atoms with van der Waals surface area (Å²) in [5, 5.41) is 8.92. The largest absolute Gasteiger partial charge is 0.272 e. The van der Waals surface area contributed by atoms with E-state index in [1.165, 1.54) is 0 Å². The van der Waals surface area contributed by atoms with E-state index < -0.39 is 0 Å². The first-order valence-corrected chi connectivity index (χ1v) is 7.28. The minimum Gasteiger partial charge on any atom is -0.272 e. The fourth-order valence-corrected chi connectivity index (χ4v) is 2.58. The molecule has 0 radical (unpaired) electrons. The first kappa shape index (κ1) is 12.8. The van der Waals surface area contributed by atoms with Gasteiger partial charge in [-0.3, -0.25) is 4.68 Å². The molecule has 0 saturated carbocycles. The van der Waals surface area contributed by atoms with Gasteiger partial charge in [-0.1, -0.05) is 18.2 Å². The Kier molecular flexibility index (Phi) is 2.96. The average molecular weight is 289 g/mol. The molecule has 0 amide bonds. The van der Waals surface area contributed by atoms with Gasteiger partial charge < -0.3 is 0 Å². The fourth-order valence-electron chi connectivity index (χ4n) is 2.58. The van der Waals surface area contributed by atoms with Crippen molar-refractivity contribution in [2.45, 2.75) is 13.5 Å². The molecule has 3 aromatic heterocycles. The standard InChI is InChI=1S/C17H15N5/c1-2-21-11-8-15(20-21)13-4-3-5-14(12-13)16-6-9-18-17-7-10-19-22(16)17/h3-12H,2H2,1H3. The van der Waals surface area contributed by atoms with Crippen molar-refractivity contribution < 1.29 is 0 Å². The SMILES string of the molecule is CCn1ccc(-c2cccc(-c3ccnc4ccnn34)c2)n1. The fraction of sp³-hybridized carbons (Fsp3) is 0.118. The summed E-state index contributed by atoms with van der Waals surface area (Å²) in [4.78, 5) is 4.31. The molecule has 22 heavy (non-hydrogen) atoms. The monoisotopic (exact) mass is 289 g/mol.